The first-order chi connectivity index (χ1) is 4.52. The van der Waals surface area contributed by atoms with Gasteiger partial charge in [-0.1, -0.05) is 13.8 Å². The second kappa shape index (κ2) is 4.85. The molecular weight excluding hydrogens is 146 g/mol. The van der Waals surface area contributed by atoms with Crippen LogP contribution in [0.25, 0.3) is 0 Å². The molecule has 0 spiro atoms. The highest BCUT2D eigenvalue weighted by atomic mass is 32.2. The van der Waals surface area contributed by atoms with Crippen LogP contribution < -0.4 is 5.73 Å². The summed E-state index contributed by atoms with van der Waals surface area (Å²) in [4.78, 5) is 0. The Morgan fingerprint density at radius 1 is 1.50 bits per heavy atom. The fourth-order valence-electron chi connectivity index (χ4n) is 0.975. The zero-order chi connectivity index (χ0) is 8.15. The second-order valence-electron chi connectivity index (χ2n) is 3.13. The quantitative estimate of drug-likeness (QED) is 0.664. The lowest BCUT2D eigenvalue weighted by Crippen LogP contribution is -2.28. The molecule has 0 aromatic rings. The smallest absolute Gasteiger partial charge is 0.0383 e. The van der Waals surface area contributed by atoms with Gasteiger partial charge in [0.15, 0.2) is 0 Å². The fourth-order valence-corrected chi connectivity index (χ4v) is 1.71. The molecule has 10 heavy (non-hydrogen) atoms. The molecule has 0 aliphatic heterocycles. The van der Waals surface area contributed by atoms with Crippen molar-refractivity contribution in [2.45, 2.75) is 26.3 Å². The standard InChI is InChI=1S/C7H17NOS/c1-6(2)4-7(8)5-10(3)9/h6-7H,4-5,8H2,1-3H3/t7-,10?/m1/s1. The van der Waals surface area contributed by atoms with Crippen LogP contribution in [0.5, 0.6) is 0 Å². The molecule has 0 heterocycles. The number of hydrogen-bond donors (Lipinski definition) is 1. The molecule has 2 atom stereocenters. The van der Waals surface area contributed by atoms with Crippen LogP contribution in [-0.4, -0.2) is 22.3 Å². The molecule has 0 rings (SSSR count). The summed E-state index contributed by atoms with van der Waals surface area (Å²) in [6.45, 7) is 4.25. The summed E-state index contributed by atoms with van der Waals surface area (Å²) in [6, 6.07) is 0.117. The molecule has 0 radical (unpaired) electrons. The molecule has 2 nitrogen and oxygen atoms in total. The Bertz CT molecular complexity index is 114. The number of nitrogens with two attached hydrogens (primary N) is 1. The van der Waals surface area contributed by atoms with E-state index in [-0.39, 0.29) is 6.04 Å². The third-order valence-corrected chi connectivity index (χ3v) is 2.12. The van der Waals surface area contributed by atoms with Crippen LogP contribution in [-0.2, 0) is 10.8 Å². The molecular formula is C7H17NOS. The van der Waals surface area contributed by atoms with Gasteiger partial charge in [0.1, 0.15) is 0 Å². The normalized spacial score (nSPS) is 17.3. The van der Waals surface area contributed by atoms with Gasteiger partial charge in [0.2, 0.25) is 0 Å². The Morgan fingerprint density at radius 2 is 2.00 bits per heavy atom. The first kappa shape index (κ1) is 10.1. The van der Waals surface area contributed by atoms with Crippen LogP contribution in [0, 0.1) is 5.92 Å². The summed E-state index contributed by atoms with van der Waals surface area (Å²) >= 11 is 0. The van der Waals surface area contributed by atoms with Gasteiger partial charge >= 0.3 is 0 Å². The molecule has 0 saturated carbocycles. The van der Waals surface area contributed by atoms with Crippen LogP contribution in [0.2, 0.25) is 0 Å². The predicted octanol–water partition coefficient (Wildman–Crippen LogP) is 0.738. The van der Waals surface area contributed by atoms with Crippen molar-refractivity contribution >= 4 is 10.8 Å². The first-order valence-electron chi connectivity index (χ1n) is 3.58. The molecule has 0 aliphatic carbocycles. The van der Waals surface area contributed by atoms with Crippen molar-refractivity contribution in [2.75, 3.05) is 12.0 Å². The van der Waals surface area contributed by atoms with E-state index in [0.29, 0.717) is 11.7 Å². The maximum atomic E-state index is 10.7. The van der Waals surface area contributed by atoms with E-state index in [9.17, 15) is 4.21 Å². The second-order valence-corrected chi connectivity index (χ2v) is 4.61. The van der Waals surface area contributed by atoms with Gasteiger partial charge in [0.05, 0.1) is 0 Å². The minimum atomic E-state index is -0.737. The summed E-state index contributed by atoms with van der Waals surface area (Å²) in [5.41, 5.74) is 5.68. The third kappa shape index (κ3) is 6.23. The van der Waals surface area contributed by atoms with Crippen molar-refractivity contribution < 1.29 is 4.21 Å². The highest BCUT2D eigenvalue weighted by Crippen LogP contribution is 2.02. The molecule has 62 valence electrons. The van der Waals surface area contributed by atoms with Crippen LogP contribution in [0.1, 0.15) is 20.3 Å². The van der Waals surface area contributed by atoms with E-state index < -0.39 is 10.8 Å². The van der Waals surface area contributed by atoms with Crippen LogP contribution in [0.4, 0.5) is 0 Å². The summed E-state index contributed by atoms with van der Waals surface area (Å²) < 4.78 is 10.7. The molecule has 0 aromatic carbocycles. The zero-order valence-electron chi connectivity index (χ0n) is 6.96. The zero-order valence-corrected chi connectivity index (χ0v) is 7.78. The molecule has 1 unspecified atom stereocenters. The van der Waals surface area contributed by atoms with Gasteiger partial charge in [-0.05, 0) is 12.3 Å². The predicted molar refractivity (Wildman–Crippen MR) is 46.4 cm³/mol. The maximum absolute atomic E-state index is 10.7. The number of rotatable bonds is 4. The molecule has 0 fully saturated rings. The molecule has 0 bridgehead atoms. The topological polar surface area (TPSA) is 43.1 Å². The van der Waals surface area contributed by atoms with Gasteiger partial charge in [-0.15, -0.1) is 0 Å². The van der Waals surface area contributed by atoms with E-state index in [0.717, 1.165) is 6.42 Å². The van der Waals surface area contributed by atoms with E-state index in [1.54, 1.807) is 6.26 Å². The van der Waals surface area contributed by atoms with Crippen LogP contribution in [0.3, 0.4) is 0 Å². The monoisotopic (exact) mass is 163 g/mol. The van der Waals surface area contributed by atoms with Gasteiger partial charge < -0.3 is 5.73 Å². The third-order valence-electron chi connectivity index (χ3n) is 1.22. The SMILES string of the molecule is CC(C)C[C@@H](N)CS(C)=O. The van der Waals surface area contributed by atoms with Gasteiger partial charge in [-0.25, -0.2) is 0 Å². The molecule has 0 aliphatic rings. The minimum absolute atomic E-state index is 0.117. The minimum Gasteiger partial charge on any atom is -0.327 e. The summed E-state index contributed by atoms with van der Waals surface area (Å²) in [7, 11) is -0.737. The van der Waals surface area contributed by atoms with E-state index in [4.69, 9.17) is 5.73 Å². The number of hydrogen-bond acceptors (Lipinski definition) is 2. The highest BCUT2D eigenvalue weighted by molar-refractivity contribution is 7.84. The Labute approximate surface area is 65.6 Å². The van der Waals surface area contributed by atoms with Crippen molar-refractivity contribution in [2.24, 2.45) is 11.7 Å². The molecule has 3 heteroatoms. The van der Waals surface area contributed by atoms with Crippen LogP contribution in [0.15, 0.2) is 0 Å². The van der Waals surface area contributed by atoms with Crippen molar-refractivity contribution in [3.05, 3.63) is 0 Å². The molecule has 0 saturated heterocycles. The average molecular weight is 163 g/mol. The summed E-state index contributed by atoms with van der Waals surface area (Å²) in [5.74, 6) is 1.25. The van der Waals surface area contributed by atoms with E-state index in [1.165, 1.54) is 0 Å². The van der Waals surface area contributed by atoms with Gasteiger partial charge in [0.25, 0.3) is 0 Å². The van der Waals surface area contributed by atoms with Crippen molar-refractivity contribution in [1.82, 2.24) is 0 Å². The Kier molecular flexibility index (Phi) is 4.91. The molecule has 0 amide bonds. The first-order valence-corrected chi connectivity index (χ1v) is 5.30. The van der Waals surface area contributed by atoms with Gasteiger partial charge in [-0.3, -0.25) is 4.21 Å². The molecule has 2 N–H and O–H groups in total. The van der Waals surface area contributed by atoms with E-state index in [2.05, 4.69) is 13.8 Å². The van der Waals surface area contributed by atoms with Crippen molar-refractivity contribution in [1.29, 1.82) is 0 Å². The van der Waals surface area contributed by atoms with E-state index in [1.807, 2.05) is 0 Å². The maximum Gasteiger partial charge on any atom is 0.0383 e. The summed E-state index contributed by atoms with van der Waals surface area (Å²) in [6.07, 6.45) is 2.67. The van der Waals surface area contributed by atoms with Crippen molar-refractivity contribution in [3.8, 4) is 0 Å². The summed E-state index contributed by atoms with van der Waals surface area (Å²) in [5, 5.41) is 0. The Balaban J connectivity index is 3.43. The molecule has 0 aromatic heterocycles. The van der Waals surface area contributed by atoms with Gasteiger partial charge in [0, 0.05) is 28.9 Å². The average Bonchev–Trinajstić information content (AvgIpc) is 1.58. The van der Waals surface area contributed by atoms with Crippen LogP contribution >= 0.6 is 0 Å². The fraction of sp³-hybridized carbons (Fsp3) is 1.00. The lowest BCUT2D eigenvalue weighted by molar-refractivity contribution is 0.521. The van der Waals surface area contributed by atoms with Crippen molar-refractivity contribution in [3.63, 3.8) is 0 Å². The lowest BCUT2D eigenvalue weighted by atomic mass is 10.1. The Morgan fingerprint density at radius 3 is 2.30 bits per heavy atom. The highest BCUT2D eigenvalue weighted by Gasteiger charge is 2.06. The Hall–Kier alpha value is 0.110. The van der Waals surface area contributed by atoms with Gasteiger partial charge in [-0.2, -0.15) is 0 Å². The lowest BCUT2D eigenvalue weighted by Gasteiger charge is -2.11. The largest absolute Gasteiger partial charge is 0.327 e. The van der Waals surface area contributed by atoms with E-state index >= 15 is 0 Å².